The maximum atomic E-state index is 11.7. The second-order valence-electron chi connectivity index (χ2n) is 5.62. The van der Waals surface area contributed by atoms with E-state index in [2.05, 4.69) is 9.97 Å². The molecule has 0 spiro atoms. The summed E-state index contributed by atoms with van der Waals surface area (Å²) >= 11 is 13.8. The van der Waals surface area contributed by atoms with Crippen LogP contribution in [0, 0.1) is 0 Å². The summed E-state index contributed by atoms with van der Waals surface area (Å²) in [6, 6.07) is 14.4. The largest absolute Gasteiger partial charge is 0.374 e. The topological polar surface area (TPSA) is 46.0 Å². The van der Waals surface area contributed by atoms with Crippen LogP contribution in [-0.2, 0) is 5.60 Å². The Labute approximate surface area is 158 Å². The van der Waals surface area contributed by atoms with Gasteiger partial charge in [-0.1, -0.05) is 41.4 Å². The first-order valence-electron chi connectivity index (χ1n) is 7.51. The number of thiazole rings is 1. The molecule has 0 saturated carbocycles. The zero-order chi connectivity index (χ0) is 17.4. The smallest absolute Gasteiger partial charge is 0.158 e. The molecule has 0 amide bonds. The summed E-state index contributed by atoms with van der Waals surface area (Å²) in [6.45, 7) is 0. The molecule has 1 unspecified atom stereocenters. The molecule has 0 aliphatic carbocycles. The third kappa shape index (κ3) is 2.81. The molecule has 25 heavy (non-hydrogen) atoms. The molecule has 6 heteroatoms. The Morgan fingerprint density at radius 3 is 2.40 bits per heavy atom. The van der Waals surface area contributed by atoms with Crippen molar-refractivity contribution < 1.29 is 5.11 Å². The van der Waals surface area contributed by atoms with Crippen molar-refractivity contribution in [3.8, 4) is 0 Å². The summed E-state index contributed by atoms with van der Waals surface area (Å²) in [5.41, 5.74) is 2.97. The molecular weight excluding hydrogens is 375 g/mol. The lowest BCUT2D eigenvalue weighted by Crippen LogP contribution is -2.29. The molecule has 0 bridgehead atoms. The molecule has 4 aromatic rings. The fourth-order valence-electron chi connectivity index (χ4n) is 2.88. The third-order valence-corrected chi connectivity index (χ3v) is 5.34. The Morgan fingerprint density at radius 1 is 0.920 bits per heavy atom. The number of aliphatic hydroxyl groups is 1. The maximum Gasteiger partial charge on any atom is 0.158 e. The van der Waals surface area contributed by atoms with Crippen LogP contribution in [-0.4, -0.2) is 15.1 Å². The molecule has 0 aliphatic rings. The number of aromatic nitrogens is 2. The number of hydrogen-bond acceptors (Lipinski definition) is 4. The van der Waals surface area contributed by atoms with Gasteiger partial charge in [0.15, 0.2) is 5.60 Å². The van der Waals surface area contributed by atoms with Crippen LogP contribution in [0.4, 0.5) is 0 Å². The van der Waals surface area contributed by atoms with Gasteiger partial charge in [-0.25, -0.2) is 4.98 Å². The summed E-state index contributed by atoms with van der Waals surface area (Å²) < 4.78 is 0. The monoisotopic (exact) mass is 386 g/mol. The average Bonchev–Trinajstić information content (AvgIpc) is 3.17. The van der Waals surface area contributed by atoms with Crippen LogP contribution in [0.2, 0.25) is 10.0 Å². The van der Waals surface area contributed by atoms with Crippen LogP contribution in [0.3, 0.4) is 0 Å². The Kier molecular flexibility index (Phi) is 4.21. The molecule has 1 atom stereocenters. The van der Waals surface area contributed by atoms with E-state index in [-0.39, 0.29) is 0 Å². The molecule has 2 aromatic heterocycles. The SMILES string of the molecule is OC(c1ccc(Cl)cc1)(c1ccc2nccc(Cl)c2c1)c1cscn1. The normalized spacial score (nSPS) is 13.7. The molecular formula is C19H12Cl2N2OS. The average molecular weight is 387 g/mol. The Morgan fingerprint density at radius 2 is 1.68 bits per heavy atom. The highest BCUT2D eigenvalue weighted by Gasteiger charge is 2.36. The Bertz CT molecular complexity index is 1040. The number of halogens is 2. The lowest BCUT2D eigenvalue weighted by molar-refractivity contribution is 0.121. The van der Waals surface area contributed by atoms with E-state index in [1.54, 1.807) is 42.0 Å². The summed E-state index contributed by atoms with van der Waals surface area (Å²) in [5.74, 6) is 0. The van der Waals surface area contributed by atoms with Gasteiger partial charge >= 0.3 is 0 Å². The summed E-state index contributed by atoms with van der Waals surface area (Å²) in [4.78, 5) is 8.67. The van der Waals surface area contributed by atoms with E-state index in [0.29, 0.717) is 26.9 Å². The van der Waals surface area contributed by atoms with Crippen molar-refractivity contribution >= 4 is 45.4 Å². The number of pyridine rings is 1. The van der Waals surface area contributed by atoms with E-state index >= 15 is 0 Å². The summed E-state index contributed by atoms with van der Waals surface area (Å²) in [5, 5.41) is 15.5. The minimum atomic E-state index is -1.40. The highest BCUT2D eigenvalue weighted by atomic mass is 35.5. The Hall–Kier alpha value is -1.98. The van der Waals surface area contributed by atoms with Crippen molar-refractivity contribution in [2.24, 2.45) is 0 Å². The van der Waals surface area contributed by atoms with Gasteiger partial charge in [0, 0.05) is 22.0 Å². The van der Waals surface area contributed by atoms with Crippen molar-refractivity contribution in [1.29, 1.82) is 0 Å². The molecule has 0 aliphatic heterocycles. The van der Waals surface area contributed by atoms with E-state index in [0.717, 1.165) is 10.9 Å². The molecule has 2 aromatic carbocycles. The molecule has 1 N–H and O–H groups in total. The van der Waals surface area contributed by atoms with Gasteiger partial charge in [0.25, 0.3) is 0 Å². The van der Waals surface area contributed by atoms with E-state index in [4.69, 9.17) is 23.2 Å². The molecule has 0 saturated heterocycles. The predicted octanol–water partition coefficient (Wildman–Crippen LogP) is 5.28. The quantitative estimate of drug-likeness (QED) is 0.520. The second-order valence-corrected chi connectivity index (χ2v) is 7.18. The lowest BCUT2D eigenvalue weighted by Gasteiger charge is -2.28. The number of rotatable bonds is 3. The summed E-state index contributed by atoms with van der Waals surface area (Å²) in [6.07, 6.45) is 1.66. The minimum Gasteiger partial charge on any atom is -0.374 e. The molecule has 4 rings (SSSR count). The Balaban J connectivity index is 1.98. The van der Waals surface area contributed by atoms with Gasteiger partial charge in [-0.15, -0.1) is 11.3 Å². The van der Waals surface area contributed by atoms with Crippen molar-refractivity contribution in [1.82, 2.24) is 9.97 Å². The summed E-state index contributed by atoms with van der Waals surface area (Å²) in [7, 11) is 0. The van der Waals surface area contributed by atoms with E-state index in [1.807, 2.05) is 23.6 Å². The number of fused-ring (bicyclic) bond motifs is 1. The van der Waals surface area contributed by atoms with Gasteiger partial charge in [-0.05, 0) is 41.5 Å². The molecule has 0 fully saturated rings. The molecule has 0 radical (unpaired) electrons. The van der Waals surface area contributed by atoms with Crippen molar-refractivity contribution in [2.45, 2.75) is 5.60 Å². The molecule has 2 heterocycles. The van der Waals surface area contributed by atoms with Crippen LogP contribution in [0.1, 0.15) is 16.8 Å². The van der Waals surface area contributed by atoms with Gasteiger partial charge in [0.1, 0.15) is 0 Å². The predicted molar refractivity (Wildman–Crippen MR) is 102 cm³/mol. The van der Waals surface area contributed by atoms with Crippen molar-refractivity contribution in [3.05, 3.63) is 92.5 Å². The van der Waals surface area contributed by atoms with Gasteiger partial charge in [-0.2, -0.15) is 0 Å². The first kappa shape index (κ1) is 16.5. The van der Waals surface area contributed by atoms with Gasteiger partial charge in [-0.3, -0.25) is 4.98 Å². The standard InChI is InChI=1S/C19H12Cl2N2OS/c20-14-4-1-12(2-5-14)19(24,18-10-25-11-23-18)13-3-6-17-15(9-13)16(21)7-8-22-17/h1-11,24H. The number of benzene rings is 2. The minimum absolute atomic E-state index is 0.555. The maximum absolute atomic E-state index is 11.7. The van der Waals surface area contributed by atoms with E-state index in [9.17, 15) is 5.11 Å². The van der Waals surface area contributed by atoms with E-state index < -0.39 is 5.60 Å². The highest BCUT2D eigenvalue weighted by Crippen LogP contribution is 2.38. The van der Waals surface area contributed by atoms with E-state index in [1.165, 1.54) is 11.3 Å². The number of hydrogen-bond donors (Lipinski definition) is 1. The second kappa shape index (κ2) is 6.39. The van der Waals surface area contributed by atoms with Crippen molar-refractivity contribution in [3.63, 3.8) is 0 Å². The first-order valence-corrected chi connectivity index (χ1v) is 9.21. The first-order chi connectivity index (χ1) is 12.1. The lowest BCUT2D eigenvalue weighted by atomic mass is 9.83. The van der Waals surface area contributed by atoms with Gasteiger partial charge in [0.2, 0.25) is 0 Å². The fourth-order valence-corrected chi connectivity index (χ4v) is 3.81. The number of nitrogens with zero attached hydrogens (tertiary/aromatic N) is 2. The molecule has 3 nitrogen and oxygen atoms in total. The third-order valence-electron chi connectivity index (χ3n) is 4.17. The van der Waals surface area contributed by atoms with Crippen LogP contribution >= 0.6 is 34.5 Å². The molecule has 124 valence electrons. The zero-order valence-electron chi connectivity index (χ0n) is 12.9. The van der Waals surface area contributed by atoms with Crippen LogP contribution in [0.5, 0.6) is 0 Å². The van der Waals surface area contributed by atoms with Crippen LogP contribution in [0.25, 0.3) is 10.9 Å². The van der Waals surface area contributed by atoms with Gasteiger partial charge < -0.3 is 5.11 Å². The highest BCUT2D eigenvalue weighted by molar-refractivity contribution is 7.07. The van der Waals surface area contributed by atoms with Crippen LogP contribution < -0.4 is 0 Å². The van der Waals surface area contributed by atoms with Crippen molar-refractivity contribution in [2.75, 3.05) is 0 Å². The zero-order valence-corrected chi connectivity index (χ0v) is 15.2. The van der Waals surface area contributed by atoms with Gasteiger partial charge in [0.05, 0.1) is 21.7 Å². The van der Waals surface area contributed by atoms with Crippen LogP contribution in [0.15, 0.2) is 65.6 Å². The fraction of sp³-hybridized carbons (Fsp3) is 0.0526.